The van der Waals surface area contributed by atoms with E-state index in [4.69, 9.17) is 16.6 Å². The second kappa shape index (κ2) is 10.3. The van der Waals surface area contributed by atoms with Gasteiger partial charge in [-0.1, -0.05) is 23.7 Å². The van der Waals surface area contributed by atoms with Crippen molar-refractivity contribution in [1.29, 1.82) is 0 Å². The van der Waals surface area contributed by atoms with Gasteiger partial charge in [0.25, 0.3) is 0 Å². The normalized spacial score (nSPS) is 18.8. The summed E-state index contributed by atoms with van der Waals surface area (Å²) in [7, 11) is 1.93. The molecule has 6 heteroatoms. The molecule has 1 aliphatic heterocycles. The van der Waals surface area contributed by atoms with Crippen LogP contribution in [0.5, 0.6) is 0 Å². The molecule has 5 nitrogen and oxygen atoms in total. The van der Waals surface area contributed by atoms with E-state index in [9.17, 15) is 0 Å². The Morgan fingerprint density at radius 1 is 1.29 bits per heavy atom. The Morgan fingerprint density at radius 3 is 2.90 bits per heavy atom. The molecule has 2 aromatic rings. The van der Waals surface area contributed by atoms with Crippen LogP contribution >= 0.6 is 11.6 Å². The van der Waals surface area contributed by atoms with Crippen LogP contribution in [-0.4, -0.2) is 61.1 Å². The third-order valence-corrected chi connectivity index (χ3v) is 6.39. The average Bonchev–Trinajstić information content (AvgIpc) is 2.94. The van der Waals surface area contributed by atoms with Gasteiger partial charge in [0, 0.05) is 69.9 Å². The number of benzene rings is 1. The SMILES string of the molecule is CCN(/C=C\NC)CCC1=Cc2cccnc2C(N2CCNCC2)c2ccc(Cl)cc21. The number of nitrogens with one attached hydrogen (secondary N) is 2. The summed E-state index contributed by atoms with van der Waals surface area (Å²) in [6.45, 7) is 8.13. The van der Waals surface area contributed by atoms with Crippen molar-refractivity contribution >= 4 is 23.3 Å². The predicted octanol–water partition coefficient (Wildman–Crippen LogP) is 3.99. The molecule has 1 saturated heterocycles. The molecule has 1 fully saturated rings. The van der Waals surface area contributed by atoms with Gasteiger partial charge in [0.05, 0.1) is 11.7 Å². The van der Waals surface area contributed by atoms with E-state index >= 15 is 0 Å². The van der Waals surface area contributed by atoms with Gasteiger partial charge in [0.1, 0.15) is 0 Å². The van der Waals surface area contributed by atoms with Crippen LogP contribution in [0, 0.1) is 0 Å². The lowest BCUT2D eigenvalue weighted by Gasteiger charge is -2.35. The Labute approximate surface area is 190 Å². The van der Waals surface area contributed by atoms with Gasteiger partial charge in [-0.05, 0) is 59.9 Å². The maximum Gasteiger partial charge on any atom is 0.0789 e. The third kappa shape index (κ3) is 4.95. The highest BCUT2D eigenvalue weighted by Crippen LogP contribution is 2.41. The first-order valence-corrected chi connectivity index (χ1v) is 11.6. The molecule has 2 N–H and O–H groups in total. The fourth-order valence-corrected chi connectivity index (χ4v) is 4.71. The lowest BCUT2D eigenvalue weighted by Crippen LogP contribution is -2.45. The van der Waals surface area contributed by atoms with Crippen LogP contribution in [0.4, 0.5) is 0 Å². The van der Waals surface area contributed by atoms with Crippen molar-refractivity contribution in [3.05, 3.63) is 76.3 Å². The van der Waals surface area contributed by atoms with Crippen LogP contribution in [0.2, 0.25) is 5.02 Å². The summed E-state index contributed by atoms with van der Waals surface area (Å²) in [6.07, 6.45) is 9.29. The quantitative estimate of drug-likeness (QED) is 0.685. The molecule has 0 amide bonds. The topological polar surface area (TPSA) is 43.4 Å². The monoisotopic (exact) mass is 437 g/mol. The summed E-state index contributed by atoms with van der Waals surface area (Å²) in [6, 6.07) is 10.8. The minimum atomic E-state index is 0.144. The molecule has 4 rings (SSSR count). The van der Waals surface area contributed by atoms with Gasteiger partial charge in [-0.15, -0.1) is 0 Å². The highest BCUT2D eigenvalue weighted by molar-refractivity contribution is 6.30. The summed E-state index contributed by atoms with van der Waals surface area (Å²) in [5.74, 6) is 0. The molecule has 2 aliphatic rings. The summed E-state index contributed by atoms with van der Waals surface area (Å²) in [5.41, 5.74) is 6.24. The fraction of sp³-hybridized carbons (Fsp3) is 0.400. The molecule has 1 unspecified atom stereocenters. The van der Waals surface area contributed by atoms with E-state index in [2.05, 4.69) is 57.8 Å². The van der Waals surface area contributed by atoms with Gasteiger partial charge < -0.3 is 15.5 Å². The number of piperazine rings is 1. The van der Waals surface area contributed by atoms with E-state index in [1.807, 2.05) is 31.6 Å². The van der Waals surface area contributed by atoms with E-state index in [0.29, 0.717) is 0 Å². The minimum absolute atomic E-state index is 0.144. The molecular weight excluding hydrogens is 406 g/mol. The predicted molar refractivity (Wildman–Crippen MR) is 130 cm³/mol. The van der Waals surface area contributed by atoms with Crippen LogP contribution in [0.3, 0.4) is 0 Å². The summed E-state index contributed by atoms with van der Waals surface area (Å²) >= 11 is 6.50. The van der Waals surface area contributed by atoms with Crippen molar-refractivity contribution in [2.75, 3.05) is 46.3 Å². The van der Waals surface area contributed by atoms with Crippen LogP contribution < -0.4 is 10.6 Å². The minimum Gasteiger partial charge on any atom is -0.393 e. The molecular formula is C25H32ClN5. The Bertz CT molecular complexity index is 949. The van der Waals surface area contributed by atoms with Gasteiger partial charge >= 0.3 is 0 Å². The number of hydrogen-bond acceptors (Lipinski definition) is 5. The summed E-state index contributed by atoms with van der Waals surface area (Å²) < 4.78 is 0. The molecule has 0 spiro atoms. The first kappa shape index (κ1) is 21.9. The molecule has 1 aromatic heterocycles. The number of halogens is 1. The third-order valence-electron chi connectivity index (χ3n) is 6.16. The van der Waals surface area contributed by atoms with Gasteiger partial charge in [-0.3, -0.25) is 9.88 Å². The summed E-state index contributed by atoms with van der Waals surface area (Å²) in [4.78, 5) is 9.75. The maximum absolute atomic E-state index is 6.50. The standard InChI is InChI=1S/C25H32ClN5/c1-3-30(14-10-27-2)13-8-19-17-20-5-4-9-29-24(20)25(31-15-11-28-12-16-31)22-7-6-21(26)18-23(19)22/h4-7,9-10,14,17-18,25,27-28H,3,8,11-13,15-16H2,1-2H3/b14-10-. The second-order valence-corrected chi connectivity index (χ2v) is 8.49. The lowest BCUT2D eigenvalue weighted by molar-refractivity contribution is 0.195. The zero-order valence-electron chi connectivity index (χ0n) is 18.4. The molecule has 2 heterocycles. The number of rotatable bonds is 7. The first-order chi connectivity index (χ1) is 15.2. The van der Waals surface area contributed by atoms with E-state index < -0.39 is 0 Å². The highest BCUT2D eigenvalue weighted by Gasteiger charge is 2.31. The van der Waals surface area contributed by atoms with Crippen molar-refractivity contribution in [3.63, 3.8) is 0 Å². The number of hydrogen-bond donors (Lipinski definition) is 2. The maximum atomic E-state index is 6.50. The van der Waals surface area contributed by atoms with Gasteiger partial charge in [-0.25, -0.2) is 0 Å². The Hall–Kier alpha value is -2.34. The summed E-state index contributed by atoms with van der Waals surface area (Å²) in [5, 5.41) is 7.35. The van der Waals surface area contributed by atoms with Gasteiger partial charge in [0.15, 0.2) is 0 Å². The van der Waals surface area contributed by atoms with Crippen molar-refractivity contribution in [2.45, 2.75) is 19.4 Å². The van der Waals surface area contributed by atoms with Crippen LogP contribution in [0.1, 0.15) is 41.8 Å². The molecule has 1 aliphatic carbocycles. The highest BCUT2D eigenvalue weighted by atomic mass is 35.5. The van der Waals surface area contributed by atoms with Crippen LogP contribution in [0.25, 0.3) is 11.6 Å². The zero-order chi connectivity index (χ0) is 21.6. The van der Waals surface area contributed by atoms with Crippen LogP contribution in [-0.2, 0) is 0 Å². The number of nitrogens with zero attached hydrogens (tertiary/aromatic N) is 3. The molecule has 31 heavy (non-hydrogen) atoms. The number of pyridine rings is 1. The molecule has 1 aromatic carbocycles. The lowest BCUT2D eigenvalue weighted by atomic mass is 9.92. The molecule has 1 atom stereocenters. The Balaban J connectivity index is 1.76. The molecule has 0 radical (unpaired) electrons. The largest absolute Gasteiger partial charge is 0.393 e. The second-order valence-electron chi connectivity index (χ2n) is 8.05. The fourth-order valence-electron chi connectivity index (χ4n) is 4.54. The van der Waals surface area contributed by atoms with Crippen molar-refractivity contribution < 1.29 is 0 Å². The number of fused-ring (bicyclic) bond motifs is 2. The number of aromatic nitrogens is 1. The van der Waals surface area contributed by atoms with Crippen LogP contribution in [0.15, 0.2) is 48.9 Å². The van der Waals surface area contributed by atoms with E-state index in [1.165, 1.54) is 22.3 Å². The van der Waals surface area contributed by atoms with Crippen molar-refractivity contribution in [2.24, 2.45) is 0 Å². The van der Waals surface area contributed by atoms with Gasteiger partial charge in [-0.2, -0.15) is 0 Å². The van der Waals surface area contributed by atoms with E-state index in [0.717, 1.165) is 56.4 Å². The zero-order valence-corrected chi connectivity index (χ0v) is 19.2. The average molecular weight is 438 g/mol. The van der Waals surface area contributed by atoms with Gasteiger partial charge in [0.2, 0.25) is 0 Å². The first-order valence-electron chi connectivity index (χ1n) is 11.2. The Kier molecular flexibility index (Phi) is 7.28. The van der Waals surface area contributed by atoms with Crippen molar-refractivity contribution in [1.82, 2.24) is 25.4 Å². The van der Waals surface area contributed by atoms with E-state index in [-0.39, 0.29) is 6.04 Å². The van der Waals surface area contributed by atoms with E-state index in [1.54, 1.807) is 0 Å². The Morgan fingerprint density at radius 2 is 2.13 bits per heavy atom. The molecule has 0 saturated carbocycles. The van der Waals surface area contributed by atoms with Crippen molar-refractivity contribution in [3.8, 4) is 0 Å². The molecule has 0 bridgehead atoms. The molecule has 164 valence electrons. The smallest absolute Gasteiger partial charge is 0.0789 e.